The van der Waals surface area contributed by atoms with E-state index in [1.165, 1.54) is 137 Å². The topological polar surface area (TPSA) is 19.1 Å². The lowest BCUT2D eigenvalue weighted by atomic mass is 9.79. The summed E-state index contributed by atoms with van der Waals surface area (Å²) in [5.41, 5.74) is 18.1. The summed E-state index contributed by atoms with van der Waals surface area (Å²) < 4.78 is 12.0. The molecule has 368 valence electrons. The van der Waals surface area contributed by atoms with Crippen molar-refractivity contribution >= 4 is 92.3 Å². The molecule has 0 saturated heterocycles. The molecule has 79 heavy (non-hydrogen) atoms. The Morgan fingerprint density at radius 2 is 0.646 bits per heavy atom. The summed E-state index contributed by atoms with van der Waals surface area (Å²) in [6.07, 6.45) is 6.73. The summed E-state index contributed by atoms with van der Waals surface area (Å²) in [4.78, 5) is 0. The van der Waals surface area contributed by atoms with Gasteiger partial charge in [-0.3, -0.25) is 0 Å². The van der Waals surface area contributed by atoms with E-state index in [9.17, 15) is 0 Å². The molecule has 0 radical (unpaired) electrons. The van der Waals surface area contributed by atoms with Gasteiger partial charge in [-0.25, -0.2) is 0 Å². The Morgan fingerprint density at radius 1 is 0.291 bits per heavy atom. The maximum atomic E-state index is 7.23. The highest BCUT2D eigenvalue weighted by atomic mass is 16.5. The molecule has 3 nitrogen and oxygen atoms in total. The third-order valence-electron chi connectivity index (χ3n) is 17.2. The lowest BCUT2D eigenvalue weighted by Crippen LogP contribution is -2.21. The number of aromatic nitrogens is 2. The molecule has 15 aromatic rings. The highest BCUT2D eigenvalue weighted by molar-refractivity contribution is 6.24. The predicted molar refractivity (Wildman–Crippen MR) is 332 cm³/mol. The molecule has 1 aliphatic heterocycles. The Bertz CT molecular complexity index is 5000. The molecule has 0 spiro atoms. The van der Waals surface area contributed by atoms with E-state index in [1.807, 2.05) is 0 Å². The van der Waals surface area contributed by atoms with Crippen LogP contribution in [0.15, 0.2) is 279 Å². The van der Waals surface area contributed by atoms with Crippen LogP contribution in [0.1, 0.15) is 17.0 Å². The molecule has 2 atom stereocenters. The van der Waals surface area contributed by atoms with E-state index in [0.717, 1.165) is 17.1 Å². The van der Waals surface area contributed by atoms with Crippen LogP contribution in [-0.4, -0.2) is 15.2 Å². The van der Waals surface area contributed by atoms with Gasteiger partial charge in [0, 0.05) is 50.0 Å². The van der Waals surface area contributed by atoms with Crippen LogP contribution in [0.25, 0.3) is 137 Å². The summed E-state index contributed by atoms with van der Waals surface area (Å²) >= 11 is 0. The van der Waals surface area contributed by atoms with Gasteiger partial charge in [-0.15, -0.1) is 0 Å². The van der Waals surface area contributed by atoms with Crippen molar-refractivity contribution in [2.45, 2.75) is 12.0 Å². The zero-order valence-corrected chi connectivity index (χ0v) is 43.0. The number of hydrogen-bond acceptors (Lipinski definition) is 1. The van der Waals surface area contributed by atoms with Gasteiger partial charge in [-0.1, -0.05) is 206 Å². The SMILES string of the molecule is C1=CC2c3cc(-c4c5ccccc5c(-c5ccc6c(c5)c5ccccc5n6-c5ccccc5)c5ccccc45)ccc3OC2C(c2c3ccccc3c(-c3ccc4c(c3)c3ccccc3n4-c3ccccc3)c3ccccc23)=C1. The van der Waals surface area contributed by atoms with Crippen LogP contribution in [0.2, 0.25) is 0 Å². The first-order valence-corrected chi connectivity index (χ1v) is 27.5. The molecule has 0 N–H and O–H groups in total. The van der Waals surface area contributed by atoms with Crippen LogP contribution in [0.5, 0.6) is 5.75 Å². The normalized spacial score (nSPS) is 15.0. The Morgan fingerprint density at radius 3 is 1.09 bits per heavy atom. The molecule has 2 aromatic heterocycles. The zero-order chi connectivity index (χ0) is 51.7. The van der Waals surface area contributed by atoms with Gasteiger partial charge in [0.1, 0.15) is 11.9 Å². The Labute approximate surface area is 456 Å². The lowest BCUT2D eigenvalue weighted by molar-refractivity contribution is 0.278. The Balaban J connectivity index is 0.787. The van der Waals surface area contributed by atoms with E-state index >= 15 is 0 Å². The van der Waals surface area contributed by atoms with Crippen molar-refractivity contribution < 1.29 is 4.74 Å². The van der Waals surface area contributed by atoms with Gasteiger partial charge in [-0.05, 0) is 155 Å². The minimum atomic E-state index is -0.202. The van der Waals surface area contributed by atoms with Crippen LogP contribution >= 0.6 is 0 Å². The summed E-state index contributed by atoms with van der Waals surface area (Å²) in [5, 5.41) is 14.8. The molecule has 2 unspecified atom stereocenters. The molecule has 13 aromatic carbocycles. The van der Waals surface area contributed by atoms with Crippen LogP contribution < -0.4 is 4.74 Å². The minimum absolute atomic E-state index is 0.0260. The second-order valence-electron chi connectivity index (χ2n) is 21.3. The molecule has 3 heteroatoms. The van der Waals surface area contributed by atoms with Gasteiger partial charge in [0.15, 0.2) is 0 Å². The summed E-state index contributed by atoms with van der Waals surface area (Å²) in [5.74, 6) is 0.968. The minimum Gasteiger partial charge on any atom is -0.484 e. The van der Waals surface area contributed by atoms with Crippen LogP contribution in [0.3, 0.4) is 0 Å². The average molecular weight is 1010 g/mol. The summed E-state index contributed by atoms with van der Waals surface area (Å²) in [7, 11) is 0. The van der Waals surface area contributed by atoms with E-state index in [-0.39, 0.29) is 12.0 Å². The summed E-state index contributed by atoms with van der Waals surface area (Å²) in [6, 6.07) is 96.1. The molecule has 17 rings (SSSR count). The first-order chi connectivity index (χ1) is 39.2. The monoisotopic (exact) mass is 1000 g/mol. The first-order valence-electron chi connectivity index (χ1n) is 27.5. The molecule has 0 bridgehead atoms. The largest absolute Gasteiger partial charge is 0.484 e. The van der Waals surface area contributed by atoms with E-state index in [0.29, 0.717) is 0 Å². The maximum absolute atomic E-state index is 7.23. The van der Waals surface area contributed by atoms with Crippen molar-refractivity contribution in [2.75, 3.05) is 0 Å². The van der Waals surface area contributed by atoms with Crippen LogP contribution in [-0.2, 0) is 0 Å². The van der Waals surface area contributed by atoms with Crippen molar-refractivity contribution in [3.8, 4) is 50.5 Å². The molecule has 1 aliphatic carbocycles. The number of rotatable bonds is 6. The van der Waals surface area contributed by atoms with E-state index < -0.39 is 0 Å². The van der Waals surface area contributed by atoms with E-state index in [1.54, 1.807) is 0 Å². The van der Waals surface area contributed by atoms with Gasteiger partial charge in [0.05, 0.1) is 22.1 Å². The van der Waals surface area contributed by atoms with E-state index in [4.69, 9.17) is 4.74 Å². The molecular weight excluding hydrogens is 957 g/mol. The third kappa shape index (κ3) is 6.48. The smallest absolute Gasteiger partial charge is 0.135 e. The number of ether oxygens (including phenoxy) is 1. The molecule has 3 heterocycles. The van der Waals surface area contributed by atoms with Crippen molar-refractivity contribution in [3.63, 3.8) is 0 Å². The molecule has 2 aliphatic rings. The summed E-state index contributed by atoms with van der Waals surface area (Å²) in [6.45, 7) is 0. The Hall–Kier alpha value is -10.2. The number of para-hydroxylation sites is 4. The molecule has 0 fully saturated rings. The van der Waals surface area contributed by atoms with E-state index in [2.05, 4.69) is 288 Å². The number of allylic oxidation sites excluding steroid dienone is 2. The van der Waals surface area contributed by atoms with Crippen LogP contribution in [0, 0.1) is 0 Å². The number of benzene rings is 13. The van der Waals surface area contributed by atoms with Gasteiger partial charge in [-0.2, -0.15) is 0 Å². The van der Waals surface area contributed by atoms with Crippen LogP contribution in [0.4, 0.5) is 0 Å². The quantitative estimate of drug-likeness (QED) is 0.152. The number of hydrogen-bond donors (Lipinski definition) is 0. The molecular formula is C76H48N2O. The van der Waals surface area contributed by atoms with Crippen molar-refractivity contribution in [1.82, 2.24) is 9.13 Å². The van der Waals surface area contributed by atoms with Gasteiger partial charge < -0.3 is 13.9 Å². The second kappa shape index (κ2) is 17.1. The first kappa shape index (κ1) is 44.0. The fraction of sp³-hybridized carbons (Fsp3) is 0.0263. The predicted octanol–water partition coefficient (Wildman–Crippen LogP) is 20.0. The van der Waals surface area contributed by atoms with Crippen molar-refractivity contribution in [2.24, 2.45) is 0 Å². The number of nitrogens with zero attached hydrogens (tertiary/aromatic N) is 2. The third-order valence-corrected chi connectivity index (χ3v) is 17.2. The van der Waals surface area contributed by atoms with Crippen molar-refractivity contribution in [3.05, 3.63) is 290 Å². The van der Waals surface area contributed by atoms with Gasteiger partial charge >= 0.3 is 0 Å². The standard InChI is InChI=1S/C76H48N2O/c1-3-20-50(21-4-1)77-67-36-17-15-24-52(67)64-44-47(38-41-69(64)77)72-54-26-7-9-28-56(54)74(57-29-10-8-27-55(57)72)49-40-43-71-66(46-49)62-34-19-35-63(76(62)79-71)75-60-32-13-11-30-58(60)73(59-31-12-14-33-61(59)75)48-39-42-70-65(45-48)53-25-16-18-37-68(53)78(70)51-22-5-2-6-23-51/h1-46,62,76H. The number of fused-ring (bicyclic) bond motifs is 13. The van der Waals surface area contributed by atoms with Gasteiger partial charge in [0.25, 0.3) is 0 Å². The zero-order valence-electron chi connectivity index (χ0n) is 43.0. The Kier molecular flexibility index (Phi) is 9.54. The fourth-order valence-corrected chi connectivity index (χ4v) is 14.0. The van der Waals surface area contributed by atoms with Crippen molar-refractivity contribution in [1.29, 1.82) is 0 Å². The highest BCUT2D eigenvalue weighted by Crippen LogP contribution is 2.53. The maximum Gasteiger partial charge on any atom is 0.135 e. The highest BCUT2D eigenvalue weighted by Gasteiger charge is 2.39. The molecule has 0 saturated carbocycles. The fourth-order valence-electron chi connectivity index (χ4n) is 14.0. The second-order valence-corrected chi connectivity index (χ2v) is 21.3. The average Bonchev–Trinajstić information content (AvgIpc) is 4.40. The lowest BCUT2D eigenvalue weighted by Gasteiger charge is -2.26. The van der Waals surface area contributed by atoms with Gasteiger partial charge in [0.2, 0.25) is 0 Å². The molecule has 0 amide bonds.